The zero-order valence-corrected chi connectivity index (χ0v) is 19.3. The van der Waals surface area contributed by atoms with Gasteiger partial charge in [0.25, 0.3) is 0 Å². The second-order valence-electron chi connectivity index (χ2n) is 8.42. The first-order valence-electron chi connectivity index (χ1n) is 10.8. The molecule has 3 aromatic rings. The van der Waals surface area contributed by atoms with Gasteiger partial charge in [-0.25, -0.2) is 13.8 Å². The van der Waals surface area contributed by atoms with Gasteiger partial charge in [0, 0.05) is 16.9 Å². The quantitative estimate of drug-likeness (QED) is 0.502. The molecule has 2 aromatic carbocycles. The number of aryl methyl sites for hydroxylation is 2. The molecule has 1 aliphatic rings. The van der Waals surface area contributed by atoms with E-state index in [9.17, 15) is 18.4 Å². The zero-order valence-electron chi connectivity index (χ0n) is 18.5. The summed E-state index contributed by atoms with van der Waals surface area (Å²) < 4.78 is 27.3. The molecule has 0 atom stereocenters. The van der Waals surface area contributed by atoms with Gasteiger partial charge in [-0.3, -0.25) is 14.5 Å². The number of carbonyl (C=O) groups is 2. The van der Waals surface area contributed by atoms with Gasteiger partial charge in [-0.05, 0) is 75.2 Å². The molecule has 5 nitrogen and oxygen atoms in total. The molecular formula is C25H25F2N3O2S. The first-order chi connectivity index (χ1) is 15.8. The van der Waals surface area contributed by atoms with E-state index in [4.69, 9.17) is 0 Å². The number of rotatable bonds is 6. The van der Waals surface area contributed by atoms with Gasteiger partial charge in [0.1, 0.15) is 11.6 Å². The first-order valence-corrected chi connectivity index (χ1v) is 11.7. The molecule has 1 aliphatic heterocycles. The number of likely N-dealkylation sites (tertiary alicyclic amines) is 1. The molecule has 1 aromatic heterocycles. The van der Waals surface area contributed by atoms with Crippen LogP contribution in [0.2, 0.25) is 0 Å². The van der Waals surface area contributed by atoms with Gasteiger partial charge in [0.05, 0.1) is 17.8 Å². The Labute approximate surface area is 195 Å². The van der Waals surface area contributed by atoms with Gasteiger partial charge in [0.2, 0.25) is 5.91 Å². The Balaban J connectivity index is 1.29. The van der Waals surface area contributed by atoms with Crippen LogP contribution >= 0.6 is 11.3 Å². The summed E-state index contributed by atoms with van der Waals surface area (Å²) in [6.07, 6.45) is 0.993. The number of ketones is 1. The monoisotopic (exact) mass is 469 g/mol. The predicted molar refractivity (Wildman–Crippen MR) is 126 cm³/mol. The fraction of sp³-hybridized carbons (Fsp3) is 0.320. The Bertz CT molecular complexity index is 1190. The van der Waals surface area contributed by atoms with Crippen molar-refractivity contribution in [1.82, 2.24) is 9.88 Å². The van der Waals surface area contributed by atoms with Crippen LogP contribution in [0, 0.1) is 31.4 Å². The van der Waals surface area contributed by atoms with Crippen LogP contribution in [-0.4, -0.2) is 41.2 Å². The molecule has 0 bridgehead atoms. The van der Waals surface area contributed by atoms with Crippen LogP contribution in [0.3, 0.4) is 0 Å². The average molecular weight is 470 g/mol. The van der Waals surface area contributed by atoms with E-state index in [0.717, 1.165) is 29.5 Å². The average Bonchev–Trinajstić information content (AvgIpc) is 3.25. The third kappa shape index (κ3) is 5.51. The Kier molecular flexibility index (Phi) is 6.95. The molecule has 172 valence electrons. The molecule has 4 rings (SSSR count). The van der Waals surface area contributed by atoms with Gasteiger partial charge in [-0.2, -0.15) is 0 Å². The van der Waals surface area contributed by atoms with Crippen molar-refractivity contribution >= 4 is 28.2 Å². The summed E-state index contributed by atoms with van der Waals surface area (Å²) >= 11 is 1.38. The summed E-state index contributed by atoms with van der Waals surface area (Å²) in [5.74, 6) is -2.25. The van der Waals surface area contributed by atoms with E-state index in [1.165, 1.54) is 22.5 Å². The Morgan fingerprint density at radius 2 is 1.85 bits per heavy atom. The van der Waals surface area contributed by atoms with Crippen LogP contribution in [0.5, 0.6) is 0 Å². The molecule has 1 amide bonds. The molecule has 0 spiro atoms. The molecule has 0 radical (unpaired) electrons. The third-order valence-corrected chi connectivity index (χ3v) is 6.83. The topological polar surface area (TPSA) is 62.3 Å². The van der Waals surface area contributed by atoms with Crippen LogP contribution in [0.15, 0.2) is 41.8 Å². The lowest BCUT2D eigenvalue weighted by molar-refractivity contribution is -0.117. The highest BCUT2D eigenvalue weighted by Gasteiger charge is 2.28. The lowest BCUT2D eigenvalue weighted by atomic mass is 9.88. The normalized spacial score (nSPS) is 14.9. The third-order valence-electron chi connectivity index (χ3n) is 6.07. The maximum atomic E-state index is 13.9. The molecule has 1 saturated heterocycles. The maximum Gasteiger partial charge on any atom is 0.240 e. The molecular weight excluding hydrogens is 444 g/mol. The number of benzene rings is 2. The van der Waals surface area contributed by atoms with Gasteiger partial charge in [-0.1, -0.05) is 12.1 Å². The molecule has 0 saturated carbocycles. The minimum atomic E-state index is -0.702. The molecule has 1 fully saturated rings. The van der Waals surface area contributed by atoms with Gasteiger partial charge >= 0.3 is 0 Å². The van der Waals surface area contributed by atoms with E-state index < -0.39 is 11.6 Å². The van der Waals surface area contributed by atoms with Crippen molar-refractivity contribution in [3.05, 3.63) is 70.1 Å². The van der Waals surface area contributed by atoms with Crippen molar-refractivity contribution in [1.29, 1.82) is 0 Å². The summed E-state index contributed by atoms with van der Waals surface area (Å²) in [5.41, 5.74) is 4.04. The highest BCUT2D eigenvalue weighted by molar-refractivity contribution is 7.14. The minimum Gasteiger partial charge on any atom is -0.301 e. The second kappa shape index (κ2) is 9.89. The lowest BCUT2D eigenvalue weighted by Gasteiger charge is -2.30. The molecule has 8 heteroatoms. The minimum absolute atomic E-state index is 0.170. The number of nitrogens with one attached hydrogen (secondary N) is 1. The van der Waals surface area contributed by atoms with E-state index in [0.29, 0.717) is 31.1 Å². The maximum absolute atomic E-state index is 13.9. The van der Waals surface area contributed by atoms with E-state index in [1.807, 2.05) is 16.3 Å². The number of thiazole rings is 1. The van der Waals surface area contributed by atoms with Crippen LogP contribution in [0.1, 0.15) is 34.3 Å². The van der Waals surface area contributed by atoms with E-state index in [-0.39, 0.29) is 29.7 Å². The van der Waals surface area contributed by atoms with Crippen molar-refractivity contribution in [2.24, 2.45) is 5.92 Å². The zero-order chi connectivity index (χ0) is 23.5. The van der Waals surface area contributed by atoms with E-state index in [2.05, 4.69) is 36.3 Å². The fourth-order valence-corrected chi connectivity index (χ4v) is 4.72. The summed E-state index contributed by atoms with van der Waals surface area (Å²) in [4.78, 5) is 31.6. The Hall–Kier alpha value is -2.97. The number of halogens is 2. The SMILES string of the molecule is Cc1ccc(-c2csc(NC(=O)CN3CCC(C(=O)c4cc(F)ccc4F)CC3)n2)cc1C. The number of carbonyl (C=O) groups excluding carboxylic acids is 2. The van der Waals surface area contributed by atoms with Crippen LogP contribution < -0.4 is 5.32 Å². The number of Topliss-reactive ketones (excluding diaryl/α,β-unsaturated/α-hetero) is 1. The largest absolute Gasteiger partial charge is 0.301 e. The van der Waals surface area contributed by atoms with Crippen molar-refractivity contribution < 1.29 is 18.4 Å². The van der Waals surface area contributed by atoms with E-state index >= 15 is 0 Å². The summed E-state index contributed by atoms with van der Waals surface area (Å²) in [6.45, 7) is 5.37. The van der Waals surface area contributed by atoms with E-state index in [1.54, 1.807) is 0 Å². The molecule has 1 N–H and O–H groups in total. The van der Waals surface area contributed by atoms with Gasteiger partial charge in [0.15, 0.2) is 10.9 Å². The number of amides is 1. The van der Waals surface area contributed by atoms with Crippen molar-refractivity contribution in [3.8, 4) is 11.3 Å². The van der Waals surface area contributed by atoms with Crippen molar-refractivity contribution in [3.63, 3.8) is 0 Å². The molecule has 33 heavy (non-hydrogen) atoms. The van der Waals surface area contributed by atoms with Crippen molar-refractivity contribution in [2.45, 2.75) is 26.7 Å². The molecule has 2 heterocycles. The number of hydrogen-bond donors (Lipinski definition) is 1. The number of hydrogen-bond acceptors (Lipinski definition) is 5. The predicted octanol–water partition coefficient (Wildman–Crippen LogP) is 5.24. The Morgan fingerprint density at radius 3 is 2.58 bits per heavy atom. The summed E-state index contributed by atoms with van der Waals surface area (Å²) in [6, 6.07) is 9.09. The second-order valence-corrected chi connectivity index (χ2v) is 9.28. The number of nitrogens with zero attached hydrogens (tertiary/aromatic N) is 2. The lowest BCUT2D eigenvalue weighted by Crippen LogP contribution is -2.40. The standard InChI is InChI=1S/C25H25F2N3O2S/c1-15-3-4-18(11-16(15)2)22-14-33-25(28-22)29-23(31)13-30-9-7-17(8-10-30)24(32)20-12-19(26)5-6-21(20)27/h3-6,11-12,14,17H,7-10,13H2,1-2H3,(H,28,29,31). The summed E-state index contributed by atoms with van der Waals surface area (Å²) in [5, 5.41) is 5.31. The number of aromatic nitrogens is 1. The van der Waals surface area contributed by atoms with Gasteiger partial charge < -0.3 is 5.32 Å². The fourth-order valence-electron chi connectivity index (χ4n) is 3.99. The highest BCUT2D eigenvalue weighted by Crippen LogP contribution is 2.27. The van der Waals surface area contributed by atoms with Crippen LogP contribution in [-0.2, 0) is 4.79 Å². The number of anilines is 1. The highest BCUT2D eigenvalue weighted by atomic mass is 32.1. The molecule has 0 unspecified atom stereocenters. The smallest absolute Gasteiger partial charge is 0.240 e. The summed E-state index contributed by atoms with van der Waals surface area (Å²) in [7, 11) is 0. The van der Waals surface area contributed by atoms with Crippen LogP contribution in [0.25, 0.3) is 11.3 Å². The van der Waals surface area contributed by atoms with Crippen molar-refractivity contribution in [2.75, 3.05) is 25.0 Å². The van der Waals surface area contributed by atoms with Gasteiger partial charge in [-0.15, -0.1) is 11.3 Å². The number of piperidine rings is 1. The Morgan fingerprint density at radius 1 is 1.09 bits per heavy atom. The first kappa shape index (κ1) is 23.2. The molecule has 0 aliphatic carbocycles. The van der Waals surface area contributed by atoms with Crippen LogP contribution in [0.4, 0.5) is 13.9 Å².